The van der Waals surface area contributed by atoms with Crippen molar-refractivity contribution in [1.82, 2.24) is 10.2 Å². The number of likely N-dealkylation sites (N-methyl/N-ethyl adjacent to an activating group) is 1. The molecule has 0 aliphatic rings. The summed E-state index contributed by atoms with van der Waals surface area (Å²) >= 11 is 0. The Balaban J connectivity index is 2.73. The zero-order valence-corrected chi connectivity index (χ0v) is 11.4. The van der Waals surface area contributed by atoms with Crippen LogP contribution in [-0.4, -0.2) is 36.3 Å². The number of benzene rings is 1. The van der Waals surface area contributed by atoms with Crippen LogP contribution in [0, 0.1) is 11.6 Å². The summed E-state index contributed by atoms with van der Waals surface area (Å²) in [6.07, 6.45) is 0. The van der Waals surface area contributed by atoms with Gasteiger partial charge in [0.1, 0.15) is 0 Å². The SMILES string of the molecule is CCN(CC)C(=O)CNC(=O)c1cc(F)c(F)cc1N. The van der Waals surface area contributed by atoms with E-state index >= 15 is 0 Å². The van der Waals surface area contributed by atoms with E-state index < -0.39 is 17.5 Å². The molecule has 1 aromatic rings. The van der Waals surface area contributed by atoms with Gasteiger partial charge < -0.3 is 16.0 Å². The van der Waals surface area contributed by atoms with Crippen LogP contribution in [0.2, 0.25) is 0 Å². The summed E-state index contributed by atoms with van der Waals surface area (Å²) in [7, 11) is 0. The summed E-state index contributed by atoms with van der Waals surface area (Å²) in [5.74, 6) is -3.27. The van der Waals surface area contributed by atoms with Crippen LogP contribution in [0.1, 0.15) is 24.2 Å². The van der Waals surface area contributed by atoms with Crippen LogP contribution in [0.15, 0.2) is 12.1 Å². The molecule has 7 heteroatoms. The summed E-state index contributed by atoms with van der Waals surface area (Å²) < 4.78 is 26.0. The number of amides is 2. The van der Waals surface area contributed by atoms with Gasteiger partial charge in [0.2, 0.25) is 5.91 Å². The molecule has 0 aliphatic heterocycles. The summed E-state index contributed by atoms with van der Waals surface area (Å²) in [4.78, 5) is 25.0. The second-order valence-corrected chi connectivity index (χ2v) is 4.10. The molecule has 0 aromatic heterocycles. The second kappa shape index (κ2) is 6.83. The maximum absolute atomic E-state index is 13.1. The van der Waals surface area contributed by atoms with Crippen molar-refractivity contribution in [3.05, 3.63) is 29.3 Å². The van der Waals surface area contributed by atoms with Crippen LogP contribution in [0.5, 0.6) is 0 Å². The van der Waals surface area contributed by atoms with E-state index in [1.54, 1.807) is 0 Å². The lowest BCUT2D eigenvalue weighted by molar-refractivity contribution is -0.129. The van der Waals surface area contributed by atoms with E-state index in [0.717, 1.165) is 6.07 Å². The number of carbonyl (C=O) groups excluding carboxylic acids is 2. The summed E-state index contributed by atoms with van der Waals surface area (Å²) in [6, 6.07) is 1.44. The van der Waals surface area contributed by atoms with Crippen molar-refractivity contribution in [3.8, 4) is 0 Å². The number of nitrogens with zero attached hydrogens (tertiary/aromatic N) is 1. The van der Waals surface area contributed by atoms with E-state index in [2.05, 4.69) is 5.32 Å². The maximum Gasteiger partial charge on any atom is 0.253 e. The fourth-order valence-electron chi connectivity index (χ4n) is 1.70. The lowest BCUT2D eigenvalue weighted by Gasteiger charge is -2.18. The number of hydrogen-bond donors (Lipinski definition) is 2. The van der Waals surface area contributed by atoms with Gasteiger partial charge in [-0.25, -0.2) is 8.78 Å². The van der Waals surface area contributed by atoms with E-state index in [0.29, 0.717) is 19.2 Å². The van der Waals surface area contributed by atoms with Crippen LogP contribution in [-0.2, 0) is 4.79 Å². The van der Waals surface area contributed by atoms with Crippen molar-refractivity contribution < 1.29 is 18.4 Å². The number of halogens is 2. The van der Waals surface area contributed by atoms with Gasteiger partial charge in [0, 0.05) is 24.8 Å². The number of nitrogens with two attached hydrogens (primary N) is 1. The Hall–Kier alpha value is -2.18. The van der Waals surface area contributed by atoms with Gasteiger partial charge in [-0.3, -0.25) is 9.59 Å². The van der Waals surface area contributed by atoms with E-state index in [9.17, 15) is 18.4 Å². The molecule has 0 aliphatic carbocycles. The third kappa shape index (κ3) is 3.66. The average molecular weight is 285 g/mol. The molecular weight excluding hydrogens is 268 g/mol. The Morgan fingerprint density at radius 2 is 1.75 bits per heavy atom. The molecule has 5 nitrogen and oxygen atoms in total. The van der Waals surface area contributed by atoms with E-state index in [4.69, 9.17) is 5.73 Å². The topological polar surface area (TPSA) is 75.4 Å². The molecule has 0 saturated heterocycles. The first-order valence-electron chi connectivity index (χ1n) is 6.21. The minimum Gasteiger partial charge on any atom is -0.398 e. The third-order valence-electron chi connectivity index (χ3n) is 2.85. The van der Waals surface area contributed by atoms with Crippen LogP contribution in [0.4, 0.5) is 14.5 Å². The zero-order valence-electron chi connectivity index (χ0n) is 11.4. The van der Waals surface area contributed by atoms with Crippen molar-refractivity contribution in [2.45, 2.75) is 13.8 Å². The summed E-state index contributed by atoms with van der Waals surface area (Å²) in [5, 5.41) is 2.34. The van der Waals surface area contributed by atoms with Crippen molar-refractivity contribution in [3.63, 3.8) is 0 Å². The smallest absolute Gasteiger partial charge is 0.253 e. The van der Waals surface area contributed by atoms with Crippen LogP contribution < -0.4 is 11.1 Å². The van der Waals surface area contributed by atoms with Crippen molar-refractivity contribution in [2.75, 3.05) is 25.4 Å². The van der Waals surface area contributed by atoms with Gasteiger partial charge in [0.15, 0.2) is 11.6 Å². The van der Waals surface area contributed by atoms with Crippen LogP contribution >= 0.6 is 0 Å². The molecule has 0 saturated carbocycles. The van der Waals surface area contributed by atoms with Crippen molar-refractivity contribution in [2.24, 2.45) is 0 Å². The first-order valence-corrected chi connectivity index (χ1v) is 6.21. The molecule has 0 atom stereocenters. The minimum atomic E-state index is -1.17. The lowest BCUT2D eigenvalue weighted by atomic mass is 10.1. The molecule has 3 N–H and O–H groups in total. The Labute approximate surface area is 115 Å². The molecule has 20 heavy (non-hydrogen) atoms. The largest absolute Gasteiger partial charge is 0.398 e. The maximum atomic E-state index is 13.1. The van der Waals surface area contributed by atoms with Gasteiger partial charge in [-0.1, -0.05) is 0 Å². The highest BCUT2D eigenvalue weighted by molar-refractivity contribution is 6.00. The van der Waals surface area contributed by atoms with E-state index in [-0.39, 0.29) is 23.7 Å². The number of hydrogen-bond acceptors (Lipinski definition) is 3. The molecule has 0 bridgehead atoms. The van der Waals surface area contributed by atoms with Crippen LogP contribution in [0.3, 0.4) is 0 Å². The number of rotatable bonds is 5. The van der Waals surface area contributed by atoms with Gasteiger partial charge in [-0.15, -0.1) is 0 Å². The fraction of sp³-hybridized carbons (Fsp3) is 0.385. The first kappa shape index (κ1) is 15.9. The Bertz CT molecular complexity index is 517. The first-order chi connectivity index (χ1) is 9.40. The molecule has 0 unspecified atom stereocenters. The number of nitrogen functional groups attached to an aromatic ring is 1. The Kier molecular flexibility index (Phi) is 5.42. The van der Waals surface area contributed by atoms with Gasteiger partial charge in [-0.2, -0.15) is 0 Å². The Morgan fingerprint density at radius 3 is 2.30 bits per heavy atom. The van der Waals surface area contributed by atoms with Gasteiger partial charge >= 0.3 is 0 Å². The average Bonchev–Trinajstić information content (AvgIpc) is 2.41. The zero-order chi connectivity index (χ0) is 15.3. The predicted molar refractivity (Wildman–Crippen MR) is 71.0 cm³/mol. The summed E-state index contributed by atoms with van der Waals surface area (Å²) in [5.41, 5.74) is 5.07. The Morgan fingerprint density at radius 1 is 1.20 bits per heavy atom. The molecule has 0 fully saturated rings. The van der Waals surface area contributed by atoms with Gasteiger partial charge in [0.25, 0.3) is 5.91 Å². The standard InChI is InChI=1S/C13H17F2N3O2/c1-3-18(4-2)12(19)7-17-13(20)8-5-9(14)10(15)6-11(8)16/h5-6H,3-4,7,16H2,1-2H3,(H,17,20). The highest BCUT2D eigenvalue weighted by Crippen LogP contribution is 2.16. The quantitative estimate of drug-likeness (QED) is 0.797. The number of carbonyl (C=O) groups is 2. The molecular formula is C13H17F2N3O2. The molecule has 1 rings (SSSR count). The molecule has 0 heterocycles. The van der Waals surface area contributed by atoms with Crippen molar-refractivity contribution >= 4 is 17.5 Å². The second-order valence-electron chi connectivity index (χ2n) is 4.10. The third-order valence-corrected chi connectivity index (χ3v) is 2.85. The highest BCUT2D eigenvalue weighted by atomic mass is 19.2. The van der Waals surface area contributed by atoms with Gasteiger partial charge in [-0.05, 0) is 19.9 Å². The number of nitrogens with one attached hydrogen (secondary N) is 1. The fourth-order valence-corrected chi connectivity index (χ4v) is 1.70. The monoisotopic (exact) mass is 285 g/mol. The van der Waals surface area contributed by atoms with Gasteiger partial charge in [0.05, 0.1) is 12.1 Å². The van der Waals surface area contributed by atoms with E-state index in [1.807, 2.05) is 13.8 Å². The molecule has 0 spiro atoms. The summed E-state index contributed by atoms with van der Waals surface area (Å²) in [6.45, 7) is 4.46. The van der Waals surface area contributed by atoms with Crippen LogP contribution in [0.25, 0.3) is 0 Å². The van der Waals surface area contributed by atoms with E-state index in [1.165, 1.54) is 4.90 Å². The molecule has 0 radical (unpaired) electrons. The molecule has 110 valence electrons. The lowest BCUT2D eigenvalue weighted by Crippen LogP contribution is -2.40. The molecule has 2 amide bonds. The predicted octanol–water partition coefficient (Wildman–Crippen LogP) is 1.15. The minimum absolute atomic E-state index is 0.184. The molecule has 1 aromatic carbocycles. The highest BCUT2D eigenvalue weighted by Gasteiger charge is 2.16. The normalized spacial score (nSPS) is 10.2. The number of anilines is 1. The van der Waals surface area contributed by atoms with Crippen molar-refractivity contribution in [1.29, 1.82) is 0 Å².